The van der Waals surface area contributed by atoms with Gasteiger partial charge in [0.05, 0.1) is 10.6 Å². The highest BCUT2D eigenvalue weighted by molar-refractivity contribution is 6.73. The summed E-state index contributed by atoms with van der Waals surface area (Å²) in [6, 6.07) is 6.70. The van der Waals surface area contributed by atoms with E-state index >= 15 is 0 Å². The van der Waals surface area contributed by atoms with E-state index in [1.165, 1.54) is 0 Å². The number of rotatable bonds is 9. The van der Waals surface area contributed by atoms with Gasteiger partial charge in [-0.15, -0.1) is 0 Å². The van der Waals surface area contributed by atoms with E-state index in [0.717, 1.165) is 31.0 Å². The third kappa shape index (κ3) is 4.11. The quantitative estimate of drug-likeness (QED) is 0.408. The molecule has 0 atom stereocenters. The number of carbonyl (C=O) groups excluding carboxylic acids is 1. The molecule has 0 saturated heterocycles. The molecule has 0 unspecified atom stereocenters. The van der Waals surface area contributed by atoms with E-state index in [1.54, 1.807) is 12.1 Å². The van der Waals surface area contributed by atoms with E-state index in [2.05, 4.69) is 20.8 Å². The molecule has 1 aromatic rings. The van der Waals surface area contributed by atoms with Crippen molar-refractivity contribution < 1.29 is 14.0 Å². The van der Waals surface area contributed by atoms with Gasteiger partial charge in [-0.3, -0.25) is 4.79 Å². The predicted octanol–water partition coefficient (Wildman–Crippen LogP) is 5.74. The van der Waals surface area contributed by atoms with Gasteiger partial charge in [-0.1, -0.05) is 44.0 Å². The predicted molar refractivity (Wildman–Crippen MR) is 97.6 cm³/mol. The van der Waals surface area contributed by atoms with Crippen LogP contribution in [0.4, 0.5) is 0 Å². The summed E-state index contributed by atoms with van der Waals surface area (Å²) >= 11 is 12.3. The van der Waals surface area contributed by atoms with Crippen LogP contribution in [0.3, 0.4) is 0 Å². The Kier molecular flexibility index (Phi) is 6.17. The number of benzene rings is 1. The van der Waals surface area contributed by atoms with Crippen molar-refractivity contribution in [3.05, 3.63) is 27.7 Å². The highest BCUT2D eigenvalue weighted by Crippen LogP contribution is 2.45. The minimum atomic E-state index is -1.65. The van der Waals surface area contributed by atoms with Crippen molar-refractivity contribution in [3.8, 4) is 5.75 Å². The van der Waals surface area contributed by atoms with Gasteiger partial charge >= 0.3 is 0 Å². The summed E-state index contributed by atoms with van der Waals surface area (Å²) < 4.78 is 12.5. The molecule has 0 aromatic heterocycles. The molecule has 0 radical (unpaired) electrons. The maximum absolute atomic E-state index is 10.9. The van der Waals surface area contributed by atoms with Crippen LogP contribution in [0.5, 0.6) is 5.75 Å². The lowest BCUT2D eigenvalue weighted by molar-refractivity contribution is 0.0971. The molecule has 0 aliphatic heterocycles. The number of halogens is 2. The standard InChI is InChI=1S/C17H24Cl2O3Si/c1-4-23(5-2,6-3)22-17(9-10-17)12-21-14-8-7-13(11-20)15(18)16(14)19/h7-8,11H,4-6,9-10,12H2,1-3H3. The van der Waals surface area contributed by atoms with Crippen molar-refractivity contribution in [2.75, 3.05) is 6.61 Å². The van der Waals surface area contributed by atoms with Crippen LogP contribution in [0.15, 0.2) is 12.1 Å². The molecular weight excluding hydrogens is 351 g/mol. The molecule has 128 valence electrons. The third-order valence-electron chi connectivity index (χ3n) is 4.87. The first kappa shape index (κ1) is 18.8. The smallest absolute Gasteiger partial charge is 0.193 e. The van der Waals surface area contributed by atoms with Crippen LogP contribution in [-0.4, -0.2) is 26.8 Å². The minimum Gasteiger partial charge on any atom is -0.489 e. The van der Waals surface area contributed by atoms with E-state index < -0.39 is 8.32 Å². The number of hydrogen-bond donors (Lipinski definition) is 0. The van der Waals surface area contributed by atoms with Crippen molar-refractivity contribution >= 4 is 37.8 Å². The van der Waals surface area contributed by atoms with Crippen LogP contribution < -0.4 is 4.74 Å². The van der Waals surface area contributed by atoms with Crippen molar-refractivity contribution in [1.82, 2.24) is 0 Å². The fraction of sp³-hybridized carbons (Fsp3) is 0.588. The maximum atomic E-state index is 10.9. The average molecular weight is 375 g/mol. The van der Waals surface area contributed by atoms with Crippen LogP contribution in [0.2, 0.25) is 28.2 Å². The largest absolute Gasteiger partial charge is 0.489 e. The van der Waals surface area contributed by atoms with Gasteiger partial charge < -0.3 is 9.16 Å². The Balaban J connectivity index is 2.06. The first-order valence-electron chi connectivity index (χ1n) is 8.21. The summed E-state index contributed by atoms with van der Waals surface area (Å²) in [5.74, 6) is 0.508. The van der Waals surface area contributed by atoms with Gasteiger partial charge in [0, 0.05) is 5.56 Å². The van der Waals surface area contributed by atoms with Crippen LogP contribution in [0.1, 0.15) is 44.0 Å². The molecule has 1 aliphatic carbocycles. The Labute approximate surface area is 149 Å². The SMILES string of the molecule is CC[Si](CC)(CC)OC1(COc2ccc(C=O)c(Cl)c2Cl)CC1. The Morgan fingerprint density at radius 1 is 1.13 bits per heavy atom. The molecule has 0 N–H and O–H groups in total. The van der Waals surface area contributed by atoms with Gasteiger partial charge in [-0.25, -0.2) is 0 Å². The van der Waals surface area contributed by atoms with E-state index in [0.29, 0.717) is 24.2 Å². The summed E-state index contributed by atoms with van der Waals surface area (Å²) in [6.07, 6.45) is 2.74. The highest BCUT2D eigenvalue weighted by Gasteiger charge is 2.50. The van der Waals surface area contributed by atoms with Crippen LogP contribution in [0.25, 0.3) is 0 Å². The Hall–Kier alpha value is -0.553. The zero-order valence-corrected chi connectivity index (χ0v) is 16.5. The lowest BCUT2D eigenvalue weighted by atomic mass is 10.2. The van der Waals surface area contributed by atoms with Crippen LogP contribution in [-0.2, 0) is 4.43 Å². The Bertz CT molecular complexity index is 561. The second-order valence-corrected chi connectivity index (χ2v) is 11.7. The zero-order chi connectivity index (χ0) is 17.1. The molecule has 6 heteroatoms. The van der Waals surface area contributed by atoms with Crippen molar-refractivity contribution in [2.45, 2.75) is 57.3 Å². The van der Waals surface area contributed by atoms with Gasteiger partial charge in [0.25, 0.3) is 0 Å². The molecule has 2 rings (SSSR count). The molecule has 0 heterocycles. The number of aldehydes is 1. The third-order valence-corrected chi connectivity index (χ3v) is 10.5. The van der Waals surface area contributed by atoms with Gasteiger partial charge in [0.15, 0.2) is 14.6 Å². The molecular formula is C17H24Cl2O3Si. The molecule has 1 aromatic carbocycles. The van der Waals surface area contributed by atoms with E-state index in [4.69, 9.17) is 32.4 Å². The number of carbonyl (C=O) groups is 1. The first-order chi connectivity index (χ1) is 10.9. The number of hydrogen-bond acceptors (Lipinski definition) is 3. The molecule has 0 bridgehead atoms. The summed E-state index contributed by atoms with van der Waals surface area (Å²) in [5.41, 5.74) is 0.212. The van der Waals surface area contributed by atoms with E-state index in [1.807, 2.05) is 0 Å². The zero-order valence-electron chi connectivity index (χ0n) is 14.0. The average Bonchev–Trinajstić information content (AvgIpc) is 3.34. The molecule has 0 amide bonds. The normalized spacial score (nSPS) is 16.2. The van der Waals surface area contributed by atoms with E-state index in [-0.39, 0.29) is 15.6 Å². The molecule has 1 fully saturated rings. The summed E-state index contributed by atoms with van der Waals surface area (Å²) in [4.78, 5) is 10.9. The first-order valence-corrected chi connectivity index (χ1v) is 11.5. The second kappa shape index (κ2) is 7.56. The summed E-state index contributed by atoms with van der Waals surface area (Å²) in [7, 11) is -1.65. The Morgan fingerprint density at radius 3 is 2.22 bits per heavy atom. The highest BCUT2D eigenvalue weighted by atomic mass is 35.5. The van der Waals surface area contributed by atoms with Gasteiger partial charge in [-0.2, -0.15) is 0 Å². The lowest BCUT2D eigenvalue weighted by Gasteiger charge is -2.33. The topological polar surface area (TPSA) is 35.5 Å². The fourth-order valence-electron chi connectivity index (χ4n) is 2.80. The van der Waals surface area contributed by atoms with Crippen molar-refractivity contribution in [3.63, 3.8) is 0 Å². The van der Waals surface area contributed by atoms with Crippen LogP contribution in [0, 0.1) is 0 Å². The summed E-state index contributed by atoms with van der Waals surface area (Å²) in [6.45, 7) is 7.17. The Morgan fingerprint density at radius 2 is 1.74 bits per heavy atom. The number of ether oxygens (including phenoxy) is 1. The molecule has 3 nitrogen and oxygen atoms in total. The minimum absolute atomic E-state index is 0.159. The van der Waals surface area contributed by atoms with Gasteiger partial charge in [0.1, 0.15) is 17.4 Å². The second-order valence-electron chi connectivity index (χ2n) is 6.22. The summed E-state index contributed by atoms with van der Waals surface area (Å²) in [5, 5.41) is 0.529. The molecule has 1 aliphatic rings. The van der Waals surface area contributed by atoms with Crippen molar-refractivity contribution in [1.29, 1.82) is 0 Å². The molecule has 1 saturated carbocycles. The molecule has 0 spiro atoms. The molecule has 23 heavy (non-hydrogen) atoms. The van der Waals surface area contributed by atoms with E-state index in [9.17, 15) is 4.79 Å². The van der Waals surface area contributed by atoms with Crippen molar-refractivity contribution in [2.24, 2.45) is 0 Å². The maximum Gasteiger partial charge on any atom is 0.193 e. The van der Waals surface area contributed by atoms with Gasteiger partial charge in [0.2, 0.25) is 0 Å². The van der Waals surface area contributed by atoms with Crippen LogP contribution >= 0.6 is 23.2 Å². The monoisotopic (exact) mass is 374 g/mol. The fourth-order valence-corrected chi connectivity index (χ4v) is 6.34. The lowest BCUT2D eigenvalue weighted by Crippen LogP contribution is -2.43. The van der Waals surface area contributed by atoms with Gasteiger partial charge in [-0.05, 0) is 43.1 Å².